The van der Waals surface area contributed by atoms with Gasteiger partial charge >= 0.3 is 0 Å². The molecule has 0 aromatic carbocycles. The Balaban J connectivity index is -0.0000000183. The number of oxazole rings is 1. The van der Waals surface area contributed by atoms with Crippen molar-refractivity contribution in [3.63, 3.8) is 0 Å². The van der Waals surface area contributed by atoms with E-state index in [4.69, 9.17) is 0 Å². The van der Waals surface area contributed by atoms with Crippen molar-refractivity contribution in [3.8, 4) is 0 Å². The Morgan fingerprint density at radius 2 is 0.786 bits per heavy atom. The van der Waals surface area contributed by atoms with Crippen molar-refractivity contribution in [2.45, 2.75) is 327 Å². The molecule has 0 N–H and O–H groups in total. The Morgan fingerprint density at radius 1 is 0.337 bits per heavy atom. The lowest BCUT2D eigenvalue weighted by Crippen LogP contribution is -1.51. The molecule has 0 bridgehead atoms. The first-order valence-electron chi connectivity index (χ1n) is 34.1. The molecule has 1 aliphatic heterocycles. The van der Waals surface area contributed by atoms with Crippen LogP contribution in [0.5, 0.6) is 0 Å². The zero-order valence-corrected chi connectivity index (χ0v) is 73.6. The number of allylic oxidation sites excluding steroid dienone is 5. The maximum Gasteiger partial charge on any atom is 0.213 e. The van der Waals surface area contributed by atoms with Gasteiger partial charge < -0.3 is 17.9 Å². The van der Waals surface area contributed by atoms with Gasteiger partial charge in [-0.15, -0.1) is 35.3 Å². The zero-order valence-electron chi connectivity index (χ0n) is 68.0. The third-order valence-electron chi connectivity index (χ3n) is 4.00. The van der Waals surface area contributed by atoms with Crippen LogP contribution in [0.15, 0.2) is 204 Å². The molecule has 0 spiro atoms. The van der Waals surface area contributed by atoms with Gasteiger partial charge in [0.15, 0.2) is 12.7 Å². The first-order chi connectivity index (χ1) is 45.0. The SMILES string of the molecule is C.C.C.C.C.C1=CCC=C1.C1=CN=CC1.CC.CC.CC.CC.CC.CC.CC.CC.CC.CC.CC.CC.CC.CC.CC.CC.CC.CC.CC.CC.F.I.[2HH].[B].[HH].c1ccoc1.c1ccsc1.c1cnoc1.c1cnsc1.c1cocn1.c1cscn1.c1ncon1.c1ncsn1. The van der Waals surface area contributed by atoms with Crippen LogP contribution >= 0.6 is 69.7 Å². The monoisotopic (exact) mass is 1590 g/mol. The topological polar surface area (TPSA) is 168 Å². The van der Waals surface area contributed by atoms with Crippen LogP contribution in [0, 0.1) is 0 Å². The Bertz CT molecular complexity index is 1200. The lowest BCUT2D eigenvalue weighted by Gasteiger charge is -1.57. The largest absolute Gasteiger partial charge is 0.473 e. The Hall–Kier alpha value is -5.03. The third kappa shape index (κ3) is 364. The first-order valence-corrected chi connectivity index (χ1v) is 37.7. The second kappa shape index (κ2) is 376. The molecule has 10 rings (SSSR count). The van der Waals surface area contributed by atoms with E-state index in [0.717, 1.165) is 12.8 Å². The number of nitrogens with zero attached hydrogens (tertiary/aromatic N) is 9. The number of thiophene rings is 1. The molecule has 8 aromatic rings. The Morgan fingerprint density at radius 3 is 0.888 bits per heavy atom. The van der Waals surface area contributed by atoms with E-state index in [1.807, 2.05) is 341 Å². The summed E-state index contributed by atoms with van der Waals surface area (Å²) in [5, 5.41) is 14.5. The van der Waals surface area contributed by atoms with E-state index in [2.05, 4.69) is 86.2 Å². The van der Waals surface area contributed by atoms with Gasteiger partial charge in [0.1, 0.15) is 24.4 Å². The molecule has 0 atom stereocenters. The molecule has 0 saturated heterocycles. The average molecular weight is 1600 g/mol. The van der Waals surface area contributed by atoms with Crippen LogP contribution in [0.2, 0.25) is 0 Å². The standard InChI is InChI=1S/C5H6.C4H5N.C4H4O.C4H4S.2C3H3NO.2C3H3NS.C2H2N2O.C2H2N2S.20C2H6.5CH4.B.FH.HI.2H2/c4*1-2-4-5-3-1;1-2-5-3-4-1;1-2-4-5-3-1;1-2-5-3-4-1;1-2-4-5-3-1;2*1-3-2-5-4-1;20*1-2;;;;;;;;;;/h1-4H,5H2;1,3-4H,2H2;2*1-4H;4*1-3H;2*1-2H;20*1-2H3;5*1H4;;4*1H/i;;;;;;;;;;;;;;;;;;;;;;;;;;;;;;;;;;;;;;1+1;. The van der Waals surface area contributed by atoms with Crippen LogP contribution in [-0.4, -0.2) is 53.6 Å². The predicted molar refractivity (Wildman–Crippen MR) is 488 cm³/mol. The number of halogens is 2. The van der Waals surface area contributed by atoms with Gasteiger partial charge in [-0.05, 0) is 64.5 Å². The lowest BCUT2D eigenvalue weighted by molar-refractivity contribution is 0.416. The highest BCUT2D eigenvalue weighted by atomic mass is 127. The van der Waals surface area contributed by atoms with Gasteiger partial charge in [0.25, 0.3) is 0 Å². The molecule has 0 fully saturated rings. The van der Waals surface area contributed by atoms with Crippen molar-refractivity contribution in [2.24, 2.45) is 4.99 Å². The fourth-order valence-electron chi connectivity index (χ4n) is 2.13. The number of thiazole rings is 1. The summed E-state index contributed by atoms with van der Waals surface area (Å²) in [6.45, 7) is 80.0. The van der Waals surface area contributed by atoms with E-state index >= 15 is 0 Å². The van der Waals surface area contributed by atoms with Crippen LogP contribution in [0.4, 0.5) is 4.70 Å². The maximum absolute atomic E-state index is 4.58. The molecular weight excluding hydrogens is 1410 g/mol. The van der Waals surface area contributed by atoms with E-state index in [9.17, 15) is 0 Å². The molecule has 603 valence electrons. The second-order valence-electron chi connectivity index (χ2n) is 7.52. The van der Waals surface area contributed by atoms with E-state index in [1.54, 1.807) is 83.3 Å². The number of hydrogen-bond donors (Lipinski definition) is 0. The molecule has 8 aromatic heterocycles. The molecule has 0 unspecified atom stereocenters. The van der Waals surface area contributed by atoms with Crippen LogP contribution in [0.3, 0.4) is 0 Å². The minimum absolute atomic E-state index is 0. The van der Waals surface area contributed by atoms with Gasteiger partial charge in [-0.25, -0.2) is 19.3 Å². The first kappa shape index (κ1) is 186. The van der Waals surface area contributed by atoms with Crippen molar-refractivity contribution in [3.05, 3.63) is 181 Å². The summed E-state index contributed by atoms with van der Waals surface area (Å²) in [4.78, 5) is 18.1. The fraction of sp³-hybridized carbons (Fsp3) is 0.603. The van der Waals surface area contributed by atoms with Crippen molar-refractivity contribution in [1.29, 1.82) is 0 Å². The number of aliphatic imine (C=N–C) groups is 1. The summed E-state index contributed by atoms with van der Waals surface area (Å²) < 4.78 is 25.0. The molecule has 2 aliphatic rings. The van der Waals surface area contributed by atoms with E-state index in [1.165, 1.54) is 61.0 Å². The molecule has 0 saturated carbocycles. The zero-order chi connectivity index (χ0) is 75.4. The van der Waals surface area contributed by atoms with Crippen LogP contribution in [0.25, 0.3) is 0 Å². The normalized spacial score (nSPS) is 6.29. The van der Waals surface area contributed by atoms with Crippen LogP contribution in [0.1, 0.15) is 330 Å². The smallest absolute Gasteiger partial charge is 0.213 e. The summed E-state index contributed by atoms with van der Waals surface area (Å²) >= 11 is 6.13. The molecule has 20 heteroatoms. The molecule has 9 heterocycles. The third-order valence-corrected chi connectivity index (χ3v) is 6.10. The van der Waals surface area contributed by atoms with Crippen molar-refractivity contribution >= 4 is 84.3 Å². The molecule has 3 radical (unpaired) electrons. The van der Waals surface area contributed by atoms with E-state index in [0.29, 0.717) is 0 Å². The summed E-state index contributed by atoms with van der Waals surface area (Å²) in [6, 6.07) is 11.3. The maximum atomic E-state index is 4.58. The van der Waals surface area contributed by atoms with Gasteiger partial charge in [-0.3, -0.25) is 14.7 Å². The molecule has 98 heavy (non-hydrogen) atoms. The highest BCUT2D eigenvalue weighted by Gasteiger charge is 1.73. The Kier molecular flexibility index (Phi) is 715. The predicted octanol–water partition coefficient (Wildman–Crippen LogP) is 34.3. The number of hydrogen-bond acceptors (Lipinski definition) is 17. The van der Waals surface area contributed by atoms with E-state index in [-0.39, 0.29) is 77.1 Å². The molecule has 0 amide bonds. The minimum Gasteiger partial charge on any atom is -0.473 e. The van der Waals surface area contributed by atoms with Gasteiger partial charge in [0, 0.05) is 53.3 Å². The van der Waals surface area contributed by atoms with Crippen molar-refractivity contribution in [1.82, 2.24) is 39.0 Å². The fourth-order valence-corrected chi connectivity index (χ4v) is 3.55. The van der Waals surface area contributed by atoms with Gasteiger partial charge in [0.2, 0.25) is 6.39 Å². The summed E-state index contributed by atoms with van der Waals surface area (Å²) in [7, 11) is 0. The number of aromatic nitrogens is 8. The van der Waals surface area contributed by atoms with Crippen molar-refractivity contribution < 1.29 is 25.4 Å². The lowest BCUT2D eigenvalue weighted by atomic mass is 10.5. The highest BCUT2D eigenvalue weighted by Crippen LogP contribution is 1.93. The second-order valence-corrected chi connectivity index (χ2v) is 10.4. The summed E-state index contributed by atoms with van der Waals surface area (Å²) in [6.07, 6.45) is 34.7. The minimum atomic E-state index is 0. The highest BCUT2D eigenvalue weighted by molar-refractivity contribution is 14.0. The van der Waals surface area contributed by atoms with Gasteiger partial charge in [-0.1, -0.05) is 367 Å². The Labute approximate surface area is 656 Å². The van der Waals surface area contributed by atoms with E-state index < -0.39 is 0 Å². The quantitative estimate of drug-likeness (QED) is 0.104. The summed E-state index contributed by atoms with van der Waals surface area (Å²) in [5.74, 6) is 0. The van der Waals surface area contributed by atoms with Crippen LogP contribution < -0.4 is 0 Å². The number of furan rings is 1. The van der Waals surface area contributed by atoms with Gasteiger partial charge in [-0.2, -0.15) is 15.7 Å². The summed E-state index contributed by atoms with van der Waals surface area (Å²) in [5.41, 5.74) is 3.47. The van der Waals surface area contributed by atoms with Gasteiger partial charge in [0.05, 0.1) is 30.4 Å². The molecular formula is C78H181BFIN9O4S4. The average Bonchev–Trinajstić information content (AvgIpc) is 4.53. The number of rotatable bonds is 0. The molecule has 13 nitrogen and oxygen atoms in total. The molecule has 1 aliphatic carbocycles. The van der Waals surface area contributed by atoms with Crippen molar-refractivity contribution in [2.75, 3.05) is 0 Å². The van der Waals surface area contributed by atoms with Crippen LogP contribution in [-0.2, 0) is 0 Å².